The molecule has 1 N–H and O–H groups in total. The summed E-state index contributed by atoms with van der Waals surface area (Å²) in [6.07, 6.45) is 57.3. The van der Waals surface area contributed by atoms with Crippen molar-refractivity contribution >= 4 is 17.9 Å². The Labute approximate surface area is 395 Å². The zero-order valence-electron chi connectivity index (χ0n) is 42.5. The van der Waals surface area contributed by atoms with Crippen LogP contribution in [-0.4, -0.2) is 80.6 Å². The Kier molecular flexibility index (Phi) is 44.8. The number of aliphatic carboxylic acids is 1. The molecule has 8 nitrogen and oxygen atoms in total. The van der Waals surface area contributed by atoms with E-state index >= 15 is 0 Å². The van der Waals surface area contributed by atoms with E-state index in [9.17, 15) is 19.5 Å². The summed E-state index contributed by atoms with van der Waals surface area (Å²) in [5, 5.41) is 9.66. The van der Waals surface area contributed by atoms with Crippen molar-refractivity contribution in [1.82, 2.24) is 0 Å². The van der Waals surface area contributed by atoms with Crippen LogP contribution < -0.4 is 0 Å². The number of ether oxygens (including phenoxy) is 3. The first kappa shape index (κ1) is 61.3. The van der Waals surface area contributed by atoms with Gasteiger partial charge in [0.05, 0.1) is 34.4 Å². The first-order valence-corrected chi connectivity index (χ1v) is 26.7. The zero-order valence-corrected chi connectivity index (χ0v) is 42.5. The number of likely N-dealkylation sites (N-methyl/N-ethyl adjacent to an activating group) is 1. The number of quaternary nitrogens is 1. The second kappa shape index (κ2) is 46.8. The summed E-state index contributed by atoms with van der Waals surface area (Å²) >= 11 is 0. The van der Waals surface area contributed by atoms with Crippen molar-refractivity contribution < 1.29 is 38.2 Å². The van der Waals surface area contributed by atoms with Crippen LogP contribution in [0.5, 0.6) is 0 Å². The maximum Gasteiger partial charge on any atom is 0.362 e. The number of carboxylic acids is 1. The normalized spacial score (nSPS) is 13.2. The summed E-state index contributed by atoms with van der Waals surface area (Å²) in [5.74, 6) is -1.48. The van der Waals surface area contributed by atoms with Gasteiger partial charge in [0, 0.05) is 19.3 Å². The van der Waals surface area contributed by atoms with Crippen molar-refractivity contribution in [2.45, 2.75) is 251 Å². The van der Waals surface area contributed by atoms with Gasteiger partial charge in [0.15, 0.2) is 12.1 Å². The molecule has 0 spiro atoms. The van der Waals surface area contributed by atoms with Gasteiger partial charge in [0.25, 0.3) is 0 Å². The van der Waals surface area contributed by atoms with Gasteiger partial charge in [-0.3, -0.25) is 9.59 Å². The molecule has 0 heterocycles. The van der Waals surface area contributed by atoms with Crippen molar-refractivity contribution in [3.63, 3.8) is 0 Å². The molecule has 0 saturated carbocycles. The van der Waals surface area contributed by atoms with Crippen LogP contribution in [0, 0.1) is 0 Å². The van der Waals surface area contributed by atoms with Crippen molar-refractivity contribution in [3.05, 3.63) is 48.6 Å². The van der Waals surface area contributed by atoms with Gasteiger partial charge in [0.2, 0.25) is 0 Å². The van der Waals surface area contributed by atoms with Gasteiger partial charge in [0.1, 0.15) is 6.61 Å². The number of rotatable bonds is 48. The Bertz CT molecular complexity index is 1190. The van der Waals surface area contributed by atoms with Crippen LogP contribution in [0.3, 0.4) is 0 Å². The molecular formula is C56H102NO7+. The lowest BCUT2D eigenvalue weighted by atomic mass is 10.0. The Hall–Kier alpha value is -2.71. The first-order chi connectivity index (χ1) is 31.1. The standard InChI is InChI=1S/C56H101NO7/c1-6-8-10-12-14-16-18-20-22-24-26-27-28-29-31-33-35-37-39-41-43-45-47-55(59)64-52(50-62-49-48-53(56(60)61)57(3,4)5)51-63-54(58)46-44-42-40-38-36-34-32-30-25-23-21-19-17-15-13-11-9-7-2/h15,17,19,21,23,25,30,32,52-53H,6-14,16,18,20,22,24,26-29,31,33-51H2,1-5H3/p+1/b17-15+,21-19+,25-23+,32-30+. The first-order valence-electron chi connectivity index (χ1n) is 26.7. The molecule has 0 radical (unpaired) electrons. The number of nitrogens with zero attached hydrogens (tertiary/aromatic N) is 1. The predicted molar refractivity (Wildman–Crippen MR) is 271 cm³/mol. The molecule has 64 heavy (non-hydrogen) atoms. The number of hydrogen-bond donors (Lipinski definition) is 1. The van der Waals surface area contributed by atoms with Gasteiger partial charge in [-0.1, -0.05) is 229 Å². The van der Waals surface area contributed by atoms with Crippen LogP contribution in [0.25, 0.3) is 0 Å². The molecule has 0 aromatic heterocycles. The van der Waals surface area contributed by atoms with Crippen LogP contribution in [0.4, 0.5) is 0 Å². The molecule has 8 heteroatoms. The van der Waals surface area contributed by atoms with Crippen LogP contribution >= 0.6 is 0 Å². The smallest absolute Gasteiger partial charge is 0.362 e. The molecule has 2 unspecified atom stereocenters. The second-order valence-corrected chi connectivity index (χ2v) is 19.2. The fourth-order valence-corrected chi connectivity index (χ4v) is 7.93. The average Bonchev–Trinajstić information content (AvgIpc) is 3.26. The molecule has 0 rings (SSSR count). The molecule has 0 aliphatic carbocycles. The summed E-state index contributed by atoms with van der Waals surface area (Å²) in [4.78, 5) is 37.2. The van der Waals surface area contributed by atoms with Gasteiger partial charge in [-0.05, 0) is 38.5 Å². The zero-order chi connectivity index (χ0) is 47.0. The van der Waals surface area contributed by atoms with Gasteiger partial charge in [-0.15, -0.1) is 0 Å². The summed E-state index contributed by atoms with van der Waals surface area (Å²) in [6, 6.07) is -0.619. The fourth-order valence-electron chi connectivity index (χ4n) is 7.93. The number of allylic oxidation sites excluding steroid dienone is 8. The monoisotopic (exact) mass is 901 g/mol. The molecule has 0 aliphatic rings. The quantitative estimate of drug-likeness (QED) is 0.0281. The highest BCUT2D eigenvalue weighted by Gasteiger charge is 2.31. The molecular weight excluding hydrogens is 799 g/mol. The lowest BCUT2D eigenvalue weighted by Crippen LogP contribution is -2.50. The maximum atomic E-state index is 12.8. The minimum atomic E-state index is -0.877. The van der Waals surface area contributed by atoms with E-state index in [0.29, 0.717) is 19.3 Å². The summed E-state index contributed by atoms with van der Waals surface area (Å²) in [6.45, 7) is 4.71. The summed E-state index contributed by atoms with van der Waals surface area (Å²) in [5.41, 5.74) is 0. The lowest BCUT2D eigenvalue weighted by molar-refractivity contribution is -0.887. The van der Waals surface area contributed by atoms with Gasteiger partial charge in [-0.2, -0.15) is 0 Å². The van der Waals surface area contributed by atoms with E-state index < -0.39 is 18.1 Å². The molecule has 372 valence electrons. The minimum absolute atomic E-state index is 0.0549. The van der Waals surface area contributed by atoms with Crippen molar-refractivity contribution in [2.24, 2.45) is 0 Å². The van der Waals surface area contributed by atoms with Gasteiger partial charge < -0.3 is 23.8 Å². The fraction of sp³-hybridized carbons (Fsp3) is 0.804. The second-order valence-electron chi connectivity index (χ2n) is 19.2. The minimum Gasteiger partial charge on any atom is -0.477 e. The Morgan fingerprint density at radius 2 is 0.828 bits per heavy atom. The topological polar surface area (TPSA) is 99.1 Å². The molecule has 0 aromatic carbocycles. The average molecular weight is 901 g/mol. The number of carbonyl (C=O) groups excluding carboxylic acids is 2. The maximum absolute atomic E-state index is 12.8. The summed E-state index contributed by atoms with van der Waals surface area (Å²) in [7, 11) is 5.53. The van der Waals surface area contributed by atoms with E-state index in [2.05, 4.69) is 62.5 Å². The third-order valence-electron chi connectivity index (χ3n) is 12.1. The molecule has 0 fully saturated rings. The van der Waals surface area contributed by atoms with Crippen LogP contribution in [0.1, 0.15) is 239 Å². The van der Waals surface area contributed by atoms with E-state index in [1.807, 2.05) is 21.1 Å². The Balaban J connectivity index is 4.24. The van der Waals surface area contributed by atoms with Gasteiger partial charge in [-0.25, -0.2) is 4.79 Å². The van der Waals surface area contributed by atoms with Crippen molar-refractivity contribution in [2.75, 3.05) is 41.0 Å². The number of unbranched alkanes of at least 4 members (excludes halogenated alkanes) is 29. The molecule has 0 aromatic rings. The third-order valence-corrected chi connectivity index (χ3v) is 12.1. The third kappa shape index (κ3) is 44.5. The van der Waals surface area contributed by atoms with Crippen LogP contribution in [0.2, 0.25) is 0 Å². The van der Waals surface area contributed by atoms with E-state index in [1.165, 1.54) is 141 Å². The molecule has 2 atom stereocenters. The largest absolute Gasteiger partial charge is 0.477 e. The molecule has 0 aliphatic heterocycles. The highest BCUT2D eigenvalue weighted by atomic mass is 16.6. The lowest BCUT2D eigenvalue weighted by Gasteiger charge is -2.31. The van der Waals surface area contributed by atoms with Crippen LogP contribution in [-0.2, 0) is 28.6 Å². The summed E-state index contributed by atoms with van der Waals surface area (Å²) < 4.78 is 17.4. The molecule has 0 saturated heterocycles. The Morgan fingerprint density at radius 1 is 0.469 bits per heavy atom. The Morgan fingerprint density at radius 3 is 1.25 bits per heavy atom. The van der Waals surface area contributed by atoms with Crippen molar-refractivity contribution in [3.8, 4) is 0 Å². The predicted octanol–water partition coefficient (Wildman–Crippen LogP) is 15.5. The SMILES string of the molecule is CCCCC/C=C/C=C/C=C/C=C/CCCCCCCC(=O)OCC(COCCC(C(=O)O)[N+](C)(C)C)OC(=O)CCCCCCCCCCCCCCCCCCCCCCCC. The van der Waals surface area contributed by atoms with E-state index in [0.717, 1.165) is 64.2 Å². The number of hydrogen-bond acceptors (Lipinski definition) is 6. The highest BCUT2D eigenvalue weighted by Crippen LogP contribution is 2.17. The van der Waals surface area contributed by atoms with Crippen molar-refractivity contribution in [1.29, 1.82) is 0 Å². The molecule has 0 amide bonds. The van der Waals surface area contributed by atoms with E-state index in [4.69, 9.17) is 14.2 Å². The van der Waals surface area contributed by atoms with Gasteiger partial charge >= 0.3 is 17.9 Å². The number of esters is 2. The number of carbonyl (C=O) groups is 3. The van der Waals surface area contributed by atoms with Crippen LogP contribution in [0.15, 0.2) is 48.6 Å². The van der Waals surface area contributed by atoms with E-state index in [1.54, 1.807) is 0 Å². The highest BCUT2D eigenvalue weighted by molar-refractivity contribution is 5.72. The molecule has 0 bridgehead atoms. The number of carboxylic acid groups (broad SMARTS) is 1. The van der Waals surface area contributed by atoms with E-state index in [-0.39, 0.29) is 36.2 Å².